The maximum atomic E-state index is 13.0. The summed E-state index contributed by atoms with van der Waals surface area (Å²) >= 11 is 5.66. The molecule has 1 aliphatic heterocycles. The van der Waals surface area contributed by atoms with Crippen molar-refractivity contribution >= 4 is 17.5 Å². The molecule has 1 saturated heterocycles. The molecule has 1 heterocycles. The number of carbonyl (C=O) groups excluding carboxylic acids is 1. The summed E-state index contributed by atoms with van der Waals surface area (Å²) in [7, 11) is 1.76. The highest BCUT2D eigenvalue weighted by Gasteiger charge is 2.24. The molecule has 0 saturated carbocycles. The number of rotatable bonds is 2. The van der Waals surface area contributed by atoms with E-state index >= 15 is 0 Å². The number of hydrogen-bond donors (Lipinski definition) is 1. The van der Waals surface area contributed by atoms with Crippen LogP contribution in [0.1, 0.15) is 16.8 Å². The van der Waals surface area contributed by atoms with Crippen LogP contribution in [0.3, 0.4) is 0 Å². The van der Waals surface area contributed by atoms with Crippen LogP contribution in [0.5, 0.6) is 0 Å². The van der Waals surface area contributed by atoms with Gasteiger partial charge in [-0.1, -0.05) is 11.6 Å². The fraction of sp³-hybridized carbons (Fsp3) is 0.417. The van der Waals surface area contributed by atoms with Crippen molar-refractivity contribution in [1.29, 1.82) is 0 Å². The lowest BCUT2D eigenvalue weighted by Crippen LogP contribution is -2.38. The van der Waals surface area contributed by atoms with Crippen LogP contribution in [-0.4, -0.2) is 37.0 Å². The summed E-state index contributed by atoms with van der Waals surface area (Å²) in [6.45, 7) is 1.73. The van der Waals surface area contributed by atoms with Gasteiger partial charge >= 0.3 is 0 Å². The second-order valence-corrected chi connectivity index (χ2v) is 4.60. The third-order valence-electron chi connectivity index (χ3n) is 3.07. The van der Waals surface area contributed by atoms with Crippen molar-refractivity contribution in [2.45, 2.75) is 12.5 Å². The molecular weight excluding hydrogens is 243 g/mol. The minimum atomic E-state index is -0.506. The molecule has 1 amide bonds. The Labute approximate surface area is 105 Å². The van der Waals surface area contributed by atoms with E-state index in [0.29, 0.717) is 5.56 Å². The van der Waals surface area contributed by atoms with Gasteiger partial charge in [0.2, 0.25) is 0 Å². The molecule has 1 aromatic carbocycles. The van der Waals surface area contributed by atoms with Crippen molar-refractivity contribution in [2.24, 2.45) is 0 Å². The Morgan fingerprint density at radius 3 is 2.94 bits per heavy atom. The second kappa shape index (κ2) is 5.02. The topological polar surface area (TPSA) is 32.3 Å². The first-order valence-electron chi connectivity index (χ1n) is 5.52. The predicted octanol–water partition coefficient (Wildman–Crippen LogP) is 1.91. The predicted molar refractivity (Wildman–Crippen MR) is 64.8 cm³/mol. The first-order chi connectivity index (χ1) is 8.09. The van der Waals surface area contributed by atoms with E-state index in [1.807, 2.05) is 0 Å². The average Bonchev–Trinajstić information content (AvgIpc) is 2.84. The van der Waals surface area contributed by atoms with Gasteiger partial charge in [-0.2, -0.15) is 0 Å². The van der Waals surface area contributed by atoms with Gasteiger partial charge in [0.25, 0.3) is 5.91 Å². The Morgan fingerprint density at radius 1 is 1.59 bits per heavy atom. The Morgan fingerprint density at radius 2 is 2.35 bits per heavy atom. The van der Waals surface area contributed by atoms with Crippen LogP contribution in [0, 0.1) is 5.82 Å². The van der Waals surface area contributed by atoms with Crippen molar-refractivity contribution < 1.29 is 9.18 Å². The molecule has 1 aromatic rings. The van der Waals surface area contributed by atoms with Gasteiger partial charge in [-0.25, -0.2) is 4.39 Å². The second-order valence-electron chi connectivity index (χ2n) is 4.19. The van der Waals surface area contributed by atoms with Gasteiger partial charge in [0, 0.05) is 25.2 Å². The van der Waals surface area contributed by atoms with E-state index in [4.69, 9.17) is 11.6 Å². The molecule has 17 heavy (non-hydrogen) atoms. The Bertz CT molecular complexity index is 433. The van der Waals surface area contributed by atoms with Gasteiger partial charge in [-0.15, -0.1) is 0 Å². The molecule has 0 spiro atoms. The molecule has 1 unspecified atom stereocenters. The first-order valence-corrected chi connectivity index (χ1v) is 5.90. The standard InChI is InChI=1S/C12H14ClFN2O/c1-16(9-4-5-15-7-9)12(17)8-2-3-11(14)10(13)6-8/h2-3,6,9,15H,4-5,7H2,1H3. The minimum absolute atomic E-state index is 0.0196. The lowest BCUT2D eigenvalue weighted by Gasteiger charge is -2.23. The minimum Gasteiger partial charge on any atom is -0.337 e. The first kappa shape index (κ1) is 12.3. The summed E-state index contributed by atoms with van der Waals surface area (Å²) in [6, 6.07) is 4.25. The number of nitrogens with zero attached hydrogens (tertiary/aromatic N) is 1. The van der Waals surface area contributed by atoms with Crippen molar-refractivity contribution in [2.75, 3.05) is 20.1 Å². The Kier molecular flexibility index (Phi) is 3.64. The molecule has 0 aliphatic carbocycles. The zero-order valence-corrected chi connectivity index (χ0v) is 10.3. The Hall–Kier alpha value is -1.13. The van der Waals surface area contributed by atoms with Crippen molar-refractivity contribution in [3.63, 3.8) is 0 Å². The van der Waals surface area contributed by atoms with Gasteiger partial charge in [-0.3, -0.25) is 4.79 Å². The molecule has 0 radical (unpaired) electrons. The lowest BCUT2D eigenvalue weighted by atomic mass is 10.1. The molecule has 3 nitrogen and oxygen atoms in total. The summed E-state index contributed by atoms with van der Waals surface area (Å²) in [4.78, 5) is 13.8. The zero-order valence-electron chi connectivity index (χ0n) is 9.54. The van der Waals surface area contributed by atoms with Crippen LogP contribution >= 0.6 is 11.6 Å². The van der Waals surface area contributed by atoms with E-state index < -0.39 is 5.82 Å². The van der Waals surface area contributed by atoms with E-state index in [1.165, 1.54) is 18.2 Å². The molecule has 0 aromatic heterocycles. The summed E-state index contributed by atoms with van der Waals surface area (Å²) in [5.74, 6) is -0.631. The molecule has 2 rings (SSSR count). The summed E-state index contributed by atoms with van der Waals surface area (Å²) < 4.78 is 13.0. The van der Waals surface area contributed by atoms with Crippen LogP contribution in [0.15, 0.2) is 18.2 Å². The highest BCUT2D eigenvalue weighted by atomic mass is 35.5. The molecule has 0 bridgehead atoms. The average molecular weight is 257 g/mol. The number of likely N-dealkylation sites (N-methyl/N-ethyl adjacent to an activating group) is 1. The Balaban J connectivity index is 2.15. The SMILES string of the molecule is CN(C(=O)c1ccc(F)c(Cl)c1)C1CCNC1. The maximum Gasteiger partial charge on any atom is 0.253 e. The number of carbonyl (C=O) groups is 1. The van der Waals surface area contributed by atoms with Gasteiger partial charge < -0.3 is 10.2 Å². The maximum absolute atomic E-state index is 13.0. The largest absolute Gasteiger partial charge is 0.337 e. The summed E-state index contributed by atoms with van der Waals surface area (Å²) in [6.07, 6.45) is 0.942. The normalized spacial score (nSPS) is 19.4. The van der Waals surface area contributed by atoms with Crippen LogP contribution in [0.25, 0.3) is 0 Å². The molecule has 1 N–H and O–H groups in total. The third kappa shape index (κ3) is 2.58. The van der Waals surface area contributed by atoms with Gasteiger partial charge in [0.1, 0.15) is 5.82 Å². The van der Waals surface area contributed by atoms with E-state index in [0.717, 1.165) is 19.5 Å². The zero-order chi connectivity index (χ0) is 12.4. The molecule has 1 atom stereocenters. The quantitative estimate of drug-likeness (QED) is 0.877. The fourth-order valence-electron chi connectivity index (χ4n) is 1.97. The van der Waals surface area contributed by atoms with Gasteiger partial charge in [0.15, 0.2) is 0 Å². The molecule has 1 aliphatic rings. The van der Waals surface area contributed by atoms with Crippen molar-refractivity contribution in [3.8, 4) is 0 Å². The van der Waals surface area contributed by atoms with E-state index in [1.54, 1.807) is 11.9 Å². The highest BCUT2D eigenvalue weighted by molar-refractivity contribution is 6.31. The van der Waals surface area contributed by atoms with Gasteiger partial charge in [-0.05, 0) is 31.2 Å². The van der Waals surface area contributed by atoms with Crippen LogP contribution in [0.2, 0.25) is 5.02 Å². The number of benzene rings is 1. The highest BCUT2D eigenvalue weighted by Crippen LogP contribution is 2.18. The van der Waals surface area contributed by atoms with Crippen LogP contribution in [0.4, 0.5) is 4.39 Å². The van der Waals surface area contributed by atoms with Crippen LogP contribution < -0.4 is 5.32 Å². The number of amides is 1. The lowest BCUT2D eigenvalue weighted by molar-refractivity contribution is 0.0743. The summed E-state index contributed by atoms with van der Waals surface area (Å²) in [5.41, 5.74) is 0.422. The third-order valence-corrected chi connectivity index (χ3v) is 3.36. The van der Waals surface area contributed by atoms with E-state index in [-0.39, 0.29) is 17.0 Å². The van der Waals surface area contributed by atoms with E-state index in [9.17, 15) is 9.18 Å². The molecule has 1 fully saturated rings. The number of nitrogens with one attached hydrogen (secondary N) is 1. The van der Waals surface area contributed by atoms with Crippen LogP contribution in [-0.2, 0) is 0 Å². The smallest absolute Gasteiger partial charge is 0.253 e. The molecular formula is C12H14ClFN2O. The summed E-state index contributed by atoms with van der Waals surface area (Å²) in [5, 5.41) is 3.18. The monoisotopic (exact) mass is 256 g/mol. The van der Waals surface area contributed by atoms with E-state index in [2.05, 4.69) is 5.32 Å². The number of hydrogen-bond acceptors (Lipinski definition) is 2. The van der Waals surface area contributed by atoms with Crippen molar-refractivity contribution in [3.05, 3.63) is 34.6 Å². The molecule has 92 valence electrons. The molecule has 5 heteroatoms. The fourth-order valence-corrected chi connectivity index (χ4v) is 2.15. The van der Waals surface area contributed by atoms with Crippen molar-refractivity contribution in [1.82, 2.24) is 10.2 Å². The van der Waals surface area contributed by atoms with Gasteiger partial charge in [0.05, 0.1) is 5.02 Å². The number of halogens is 2.